The Hall–Kier alpha value is -3.27. The fraction of sp³-hybridized carbons (Fsp3) is 0.321. The third-order valence-corrected chi connectivity index (χ3v) is 6.56. The fourth-order valence-electron chi connectivity index (χ4n) is 4.77. The van der Waals surface area contributed by atoms with Crippen LogP contribution in [0, 0.1) is 0 Å². The van der Waals surface area contributed by atoms with Crippen molar-refractivity contribution in [3.63, 3.8) is 0 Å². The van der Waals surface area contributed by atoms with Crippen molar-refractivity contribution < 1.29 is 28.8 Å². The van der Waals surface area contributed by atoms with E-state index in [9.17, 15) is 9.90 Å². The molecule has 0 spiro atoms. The van der Waals surface area contributed by atoms with E-state index in [1.54, 1.807) is 0 Å². The summed E-state index contributed by atoms with van der Waals surface area (Å²) in [5.41, 5.74) is 6.72. The van der Waals surface area contributed by atoms with Crippen LogP contribution in [0.15, 0.2) is 91.0 Å². The lowest BCUT2D eigenvalue weighted by atomic mass is 9.96. The molecule has 3 aromatic carbocycles. The van der Waals surface area contributed by atoms with E-state index in [0.29, 0.717) is 6.61 Å². The van der Waals surface area contributed by atoms with Gasteiger partial charge < -0.3 is 24.1 Å². The first-order valence-electron chi connectivity index (χ1n) is 12.0. The van der Waals surface area contributed by atoms with Gasteiger partial charge in [0.1, 0.15) is 17.8 Å². The van der Waals surface area contributed by atoms with Gasteiger partial charge in [-0.1, -0.05) is 91.0 Å². The Morgan fingerprint density at radius 3 is 1.89 bits per heavy atom. The van der Waals surface area contributed by atoms with E-state index < -0.39 is 36.0 Å². The lowest BCUT2D eigenvalue weighted by molar-refractivity contribution is -0.173. The lowest BCUT2D eigenvalue weighted by Crippen LogP contribution is -2.66. The molecule has 36 heavy (non-hydrogen) atoms. The summed E-state index contributed by atoms with van der Waals surface area (Å²) in [7, 11) is 0. The molecule has 0 aromatic heterocycles. The predicted molar refractivity (Wildman–Crippen MR) is 131 cm³/mol. The second-order valence-corrected chi connectivity index (χ2v) is 9.06. The van der Waals surface area contributed by atoms with Crippen LogP contribution in [0.2, 0.25) is 0 Å². The maximum absolute atomic E-state index is 12.1. The van der Waals surface area contributed by atoms with Gasteiger partial charge in [0.05, 0.1) is 32.5 Å². The Labute approximate surface area is 210 Å². The molecule has 3 aromatic rings. The summed E-state index contributed by atoms with van der Waals surface area (Å²) in [6.45, 7) is 0.777. The lowest BCUT2D eigenvalue weighted by Gasteiger charge is -2.37. The van der Waals surface area contributed by atoms with E-state index in [2.05, 4.69) is 10.9 Å². The molecule has 5 rings (SSSR count). The van der Waals surface area contributed by atoms with Crippen LogP contribution >= 0.6 is 0 Å². The maximum Gasteiger partial charge on any atom is 0.422 e. The number of carbonyl (C=O) groups excluding carboxylic acids is 1. The Kier molecular flexibility index (Phi) is 7.60. The Balaban J connectivity index is 1.39. The minimum Gasteiger partial charge on any atom is -0.441 e. The molecular formula is C28H30N2O6. The zero-order valence-electron chi connectivity index (χ0n) is 19.8. The van der Waals surface area contributed by atoms with Gasteiger partial charge >= 0.3 is 6.09 Å². The number of hydrazine groups is 1. The van der Waals surface area contributed by atoms with Crippen LogP contribution in [-0.2, 0) is 38.8 Å². The second kappa shape index (κ2) is 11.2. The highest BCUT2D eigenvalue weighted by Crippen LogP contribution is 2.39. The van der Waals surface area contributed by atoms with Crippen molar-refractivity contribution in [2.75, 3.05) is 6.61 Å². The molecule has 0 radical (unpaired) electrons. The third-order valence-electron chi connectivity index (χ3n) is 6.56. The van der Waals surface area contributed by atoms with Crippen LogP contribution in [0.25, 0.3) is 0 Å². The average Bonchev–Trinajstić information content (AvgIpc) is 3.14. The number of benzene rings is 3. The molecule has 1 saturated carbocycles. The molecule has 1 saturated heterocycles. The summed E-state index contributed by atoms with van der Waals surface area (Å²) in [5.74, 6) is 0. The van der Waals surface area contributed by atoms with Crippen molar-refractivity contribution in [2.45, 2.75) is 49.8 Å². The van der Waals surface area contributed by atoms with E-state index >= 15 is 0 Å². The molecule has 0 bridgehead atoms. The van der Waals surface area contributed by atoms with Gasteiger partial charge in [0.15, 0.2) is 6.10 Å². The SMILES string of the molecule is O=C1NN[C@@H]2[C@H](O1)[C@@H](OCc1ccccc1)[C@H](OCc1ccccc1)[C@@]2(O)COCc1ccccc1. The summed E-state index contributed by atoms with van der Waals surface area (Å²) in [6.07, 6.45) is -3.00. The monoisotopic (exact) mass is 490 g/mol. The number of aliphatic hydroxyl groups is 1. The van der Waals surface area contributed by atoms with Crippen molar-refractivity contribution in [3.8, 4) is 0 Å². The van der Waals surface area contributed by atoms with Crippen LogP contribution in [0.4, 0.5) is 4.79 Å². The first kappa shape index (κ1) is 24.4. The van der Waals surface area contributed by atoms with E-state index in [1.807, 2.05) is 91.0 Å². The largest absolute Gasteiger partial charge is 0.441 e. The number of amides is 1. The van der Waals surface area contributed by atoms with E-state index in [4.69, 9.17) is 18.9 Å². The van der Waals surface area contributed by atoms with Crippen molar-refractivity contribution in [1.82, 2.24) is 10.9 Å². The predicted octanol–water partition coefficient (Wildman–Crippen LogP) is 3.10. The molecule has 2 aliphatic rings. The maximum atomic E-state index is 12.1. The number of carbonyl (C=O) groups is 1. The molecule has 1 amide bonds. The van der Waals surface area contributed by atoms with Crippen molar-refractivity contribution in [2.24, 2.45) is 0 Å². The van der Waals surface area contributed by atoms with E-state index in [-0.39, 0.29) is 19.8 Å². The summed E-state index contributed by atoms with van der Waals surface area (Å²) in [4.78, 5) is 12.1. The molecule has 1 aliphatic carbocycles. The minimum absolute atomic E-state index is 0.0556. The highest BCUT2D eigenvalue weighted by atomic mass is 16.6. The average molecular weight is 491 g/mol. The number of nitrogens with one attached hydrogen (secondary N) is 2. The fourth-order valence-corrected chi connectivity index (χ4v) is 4.77. The van der Waals surface area contributed by atoms with Gasteiger partial charge in [-0.05, 0) is 16.7 Å². The second-order valence-electron chi connectivity index (χ2n) is 9.06. The molecule has 2 fully saturated rings. The van der Waals surface area contributed by atoms with Gasteiger partial charge in [-0.3, -0.25) is 5.43 Å². The topological polar surface area (TPSA) is 98.3 Å². The molecule has 1 heterocycles. The van der Waals surface area contributed by atoms with Gasteiger partial charge in [-0.15, -0.1) is 0 Å². The summed E-state index contributed by atoms with van der Waals surface area (Å²) in [5, 5.41) is 12.0. The Morgan fingerprint density at radius 1 is 0.778 bits per heavy atom. The zero-order chi connectivity index (χ0) is 24.8. The standard InChI is InChI=1S/C28H30N2O6/c31-27-30-29-25-23(36-27)24(34-17-21-12-6-2-7-13-21)26(35-18-22-14-8-3-9-15-22)28(25,32)19-33-16-20-10-4-1-5-11-20/h1-15,23-26,29,32H,16-19H2,(H,30,31)/t23-,24-,25-,26+,28-/m1/s1. The smallest absolute Gasteiger partial charge is 0.422 e. The number of fused-ring (bicyclic) bond motifs is 1. The summed E-state index contributed by atoms with van der Waals surface area (Å²) < 4.78 is 24.2. The molecule has 1 aliphatic heterocycles. The van der Waals surface area contributed by atoms with E-state index in [1.165, 1.54) is 0 Å². The van der Waals surface area contributed by atoms with Crippen LogP contribution < -0.4 is 10.9 Å². The highest BCUT2D eigenvalue weighted by molar-refractivity contribution is 5.68. The van der Waals surface area contributed by atoms with Gasteiger partial charge in [0.25, 0.3) is 0 Å². The molecule has 5 atom stereocenters. The minimum atomic E-state index is -1.55. The van der Waals surface area contributed by atoms with Gasteiger partial charge in [-0.25, -0.2) is 10.2 Å². The number of hydrogen-bond acceptors (Lipinski definition) is 7. The molecule has 8 nitrogen and oxygen atoms in total. The highest BCUT2D eigenvalue weighted by Gasteiger charge is 2.64. The Bertz CT molecular complexity index is 1120. The van der Waals surface area contributed by atoms with Gasteiger partial charge in [0.2, 0.25) is 0 Å². The number of ether oxygens (including phenoxy) is 4. The first-order chi connectivity index (χ1) is 17.6. The number of rotatable bonds is 10. The van der Waals surface area contributed by atoms with Crippen molar-refractivity contribution >= 4 is 6.09 Å². The third kappa shape index (κ3) is 5.43. The van der Waals surface area contributed by atoms with Crippen molar-refractivity contribution in [1.29, 1.82) is 0 Å². The molecule has 188 valence electrons. The van der Waals surface area contributed by atoms with Crippen LogP contribution in [0.5, 0.6) is 0 Å². The quantitative estimate of drug-likeness (QED) is 0.402. The molecule has 8 heteroatoms. The van der Waals surface area contributed by atoms with Gasteiger partial charge in [-0.2, -0.15) is 0 Å². The number of hydrogen-bond donors (Lipinski definition) is 3. The van der Waals surface area contributed by atoms with Crippen LogP contribution in [0.1, 0.15) is 16.7 Å². The van der Waals surface area contributed by atoms with Crippen LogP contribution in [-0.4, -0.2) is 47.8 Å². The molecular weight excluding hydrogens is 460 g/mol. The molecule has 3 N–H and O–H groups in total. The molecule has 0 unspecified atom stereocenters. The zero-order valence-corrected chi connectivity index (χ0v) is 19.8. The Morgan fingerprint density at radius 2 is 1.31 bits per heavy atom. The van der Waals surface area contributed by atoms with Crippen LogP contribution in [0.3, 0.4) is 0 Å². The van der Waals surface area contributed by atoms with E-state index in [0.717, 1.165) is 16.7 Å². The normalized spacial score (nSPS) is 27.2. The summed E-state index contributed by atoms with van der Waals surface area (Å²) >= 11 is 0. The summed E-state index contributed by atoms with van der Waals surface area (Å²) in [6, 6.07) is 28.4. The van der Waals surface area contributed by atoms with Gasteiger partial charge in [0, 0.05) is 0 Å². The first-order valence-corrected chi connectivity index (χ1v) is 12.0. The van der Waals surface area contributed by atoms with Crippen molar-refractivity contribution in [3.05, 3.63) is 108 Å².